The standard InChI is InChI=1S/C16H19N3O/c1-10-7-8-14(12(3)19-10)16(20)18-9-13-5-4-6-15(17)11(13)2/h4-8H,9,17H2,1-3H3,(H,18,20). The highest BCUT2D eigenvalue weighted by Gasteiger charge is 2.10. The average molecular weight is 269 g/mol. The van der Waals surface area contributed by atoms with Gasteiger partial charge in [-0.3, -0.25) is 9.78 Å². The first-order valence-corrected chi connectivity index (χ1v) is 6.55. The number of nitrogens with one attached hydrogen (secondary N) is 1. The summed E-state index contributed by atoms with van der Waals surface area (Å²) in [5, 5.41) is 2.91. The zero-order valence-corrected chi connectivity index (χ0v) is 12.0. The quantitative estimate of drug-likeness (QED) is 0.841. The maximum absolute atomic E-state index is 12.2. The lowest BCUT2D eigenvalue weighted by Crippen LogP contribution is -2.24. The van der Waals surface area contributed by atoms with E-state index < -0.39 is 0 Å². The second kappa shape index (κ2) is 5.74. The van der Waals surface area contributed by atoms with Crippen molar-refractivity contribution < 1.29 is 4.79 Å². The number of hydrogen-bond donors (Lipinski definition) is 2. The van der Waals surface area contributed by atoms with Gasteiger partial charge in [0.1, 0.15) is 0 Å². The summed E-state index contributed by atoms with van der Waals surface area (Å²) < 4.78 is 0. The lowest BCUT2D eigenvalue weighted by atomic mass is 10.1. The van der Waals surface area contributed by atoms with Crippen LogP contribution in [0.4, 0.5) is 5.69 Å². The molecular formula is C16H19N3O. The van der Waals surface area contributed by atoms with Gasteiger partial charge in [-0.05, 0) is 50.1 Å². The molecule has 0 aliphatic rings. The number of amides is 1. The molecule has 0 radical (unpaired) electrons. The van der Waals surface area contributed by atoms with Gasteiger partial charge in [0.05, 0.1) is 11.3 Å². The Labute approximate surface area is 119 Å². The number of aryl methyl sites for hydroxylation is 2. The number of benzene rings is 1. The number of hydrogen-bond acceptors (Lipinski definition) is 3. The molecule has 0 spiro atoms. The van der Waals surface area contributed by atoms with Crippen LogP contribution in [0.2, 0.25) is 0 Å². The zero-order chi connectivity index (χ0) is 14.7. The molecule has 1 amide bonds. The van der Waals surface area contributed by atoms with Gasteiger partial charge in [-0.2, -0.15) is 0 Å². The van der Waals surface area contributed by atoms with Crippen molar-refractivity contribution in [1.29, 1.82) is 0 Å². The van der Waals surface area contributed by atoms with Gasteiger partial charge >= 0.3 is 0 Å². The van der Waals surface area contributed by atoms with Crippen LogP contribution in [0.25, 0.3) is 0 Å². The number of carbonyl (C=O) groups excluding carboxylic acids is 1. The van der Waals surface area contributed by atoms with Crippen LogP contribution < -0.4 is 11.1 Å². The first-order chi connectivity index (χ1) is 9.49. The zero-order valence-electron chi connectivity index (χ0n) is 12.0. The van der Waals surface area contributed by atoms with Crippen LogP contribution in [0.3, 0.4) is 0 Å². The number of anilines is 1. The van der Waals surface area contributed by atoms with E-state index >= 15 is 0 Å². The molecule has 20 heavy (non-hydrogen) atoms. The Hall–Kier alpha value is -2.36. The molecule has 0 unspecified atom stereocenters. The van der Waals surface area contributed by atoms with Crippen molar-refractivity contribution in [2.75, 3.05) is 5.73 Å². The Morgan fingerprint density at radius 2 is 1.95 bits per heavy atom. The van der Waals surface area contributed by atoms with Crippen molar-refractivity contribution in [3.63, 3.8) is 0 Å². The van der Waals surface area contributed by atoms with Crippen LogP contribution in [0.15, 0.2) is 30.3 Å². The predicted molar refractivity (Wildman–Crippen MR) is 80.5 cm³/mol. The fourth-order valence-electron chi connectivity index (χ4n) is 2.09. The Morgan fingerprint density at radius 3 is 2.65 bits per heavy atom. The summed E-state index contributed by atoms with van der Waals surface area (Å²) in [6.07, 6.45) is 0. The summed E-state index contributed by atoms with van der Waals surface area (Å²) in [4.78, 5) is 16.5. The molecule has 0 saturated heterocycles. The fraction of sp³-hybridized carbons (Fsp3) is 0.250. The third-order valence-corrected chi connectivity index (χ3v) is 3.40. The lowest BCUT2D eigenvalue weighted by molar-refractivity contribution is 0.0950. The molecule has 0 fully saturated rings. The van der Waals surface area contributed by atoms with Crippen LogP contribution >= 0.6 is 0 Å². The minimum absolute atomic E-state index is 0.114. The van der Waals surface area contributed by atoms with E-state index in [0.717, 1.165) is 28.2 Å². The topological polar surface area (TPSA) is 68.0 Å². The summed E-state index contributed by atoms with van der Waals surface area (Å²) in [6, 6.07) is 9.36. The highest BCUT2D eigenvalue weighted by Crippen LogP contribution is 2.15. The van der Waals surface area contributed by atoms with E-state index in [2.05, 4.69) is 10.3 Å². The average Bonchev–Trinajstić information content (AvgIpc) is 2.40. The van der Waals surface area contributed by atoms with E-state index in [9.17, 15) is 4.79 Å². The van der Waals surface area contributed by atoms with Gasteiger partial charge in [0.15, 0.2) is 0 Å². The normalized spacial score (nSPS) is 10.3. The van der Waals surface area contributed by atoms with Gasteiger partial charge in [0, 0.05) is 17.9 Å². The SMILES string of the molecule is Cc1ccc(C(=O)NCc2cccc(N)c2C)c(C)n1. The molecule has 0 bridgehead atoms. The first kappa shape index (κ1) is 14.1. The Morgan fingerprint density at radius 1 is 1.20 bits per heavy atom. The monoisotopic (exact) mass is 269 g/mol. The van der Waals surface area contributed by atoms with Crippen LogP contribution in [0, 0.1) is 20.8 Å². The molecule has 2 aromatic rings. The van der Waals surface area contributed by atoms with Crippen LogP contribution in [0.1, 0.15) is 32.9 Å². The van der Waals surface area contributed by atoms with Crippen molar-refractivity contribution in [2.45, 2.75) is 27.3 Å². The highest BCUT2D eigenvalue weighted by molar-refractivity contribution is 5.95. The number of pyridine rings is 1. The number of rotatable bonds is 3. The van der Waals surface area contributed by atoms with Crippen molar-refractivity contribution in [3.05, 3.63) is 58.4 Å². The fourth-order valence-corrected chi connectivity index (χ4v) is 2.09. The van der Waals surface area contributed by atoms with Crippen LogP contribution in [-0.4, -0.2) is 10.9 Å². The maximum Gasteiger partial charge on any atom is 0.253 e. The number of nitrogens with zero attached hydrogens (tertiary/aromatic N) is 1. The van der Waals surface area contributed by atoms with Crippen LogP contribution in [0.5, 0.6) is 0 Å². The molecule has 2 rings (SSSR count). The van der Waals surface area contributed by atoms with Gasteiger partial charge in [-0.25, -0.2) is 0 Å². The van der Waals surface area contributed by atoms with Crippen molar-refractivity contribution in [3.8, 4) is 0 Å². The highest BCUT2D eigenvalue weighted by atomic mass is 16.1. The molecule has 1 heterocycles. The molecule has 4 heteroatoms. The van der Waals surface area contributed by atoms with E-state index in [1.165, 1.54) is 0 Å². The summed E-state index contributed by atoms with van der Waals surface area (Å²) in [7, 11) is 0. The Bertz CT molecular complexity index is 650. The van der Waals surface area contributed by atoms with Gasteiger partial charge in [-0.1, -0.05) is 12.1 Å². The minimum Gasteiger partial charge on any atom is -0.399 e. The minimum atomic E-state index is -0.114. The van der Waals surface area contributed by atoms with Crippen molar-refractivity contribution in [1.82, 2.24) is 10.3 Å². The van der Waals surface area contributed by atoms with Crippen molar-refractivity contribution in [2.24, 2.45) is 0 Å². The predicted octanol–water partition coefficient (Wildman–Crippen LogP) is 2.52. The largest absolute Gasteiger partial charge is 0.399 e. The smallest absolute Gasteiger partial charge is 0.253 e. The van der Waals surface area contributed by atoms with Gasteiger partial charge < -0.3 is 11.1 Å². The molecule has 1 aromatic heterocycles. The first-order valence-electron chi connectivity index (χ1n) is 6.55. The molecule has 3 N–H and O–H groups in total. The number of nitrogens with two attached hydrogens (primary N) is 1. The number of nitrogen functional groups attached to an aromatic ring is 1. The molecule has 0 saturated carbocycles. The molecule has 0 atom stereocenters. The Kier molecular flexibility index (Phi) is 4.03. The molecule has 4 nitrogen and oxygen atoms in total. The lowest BCUT2D eigenvalue weighted by Gasteiger charge is -2.11. The second-order valence-electron chi connectivity index (χ2n) is 4.90. The molecular weight excluding hydrogens is 250 g/mol. The van der Waals surface area contributed by atoms with E-state index in [-0.39, 0.29) is 5.91 Å². The van der Waals surface area contributed by atoms with E-state index in [1.807, 2.05) is 45.0 Å². The van der Waals surface area contributed by atoms with E-state index in [1.54, 1.807) is 6.07 Å². The van der Waals surface area contributed by atoms with Gasteiger partial charge in [0.2, 0.25) is 0 Å². The summed E-state index contributed by atoms with van der Waals surface area (Å²) >= 11 is 0. The third-order valence-electron chi connectivity index (χ3n) is 3.40. The Balaban J connectivity index is 2.11. The van der Waals surface area contributed by atoms with Gasteiger partial charge in [-0.15, -0.1) is 0 Å². The number of aromatic nitrogens is 1. The summed E-state index contributed by atoms with van der Waals surface area (Å²) in [6.45, 7) is 6.16. The molecule has 0 aliphatic carbocycles. The van der Waals surface area contributed by atoms with E-state index in [4.69, 9.17) is 5.73 Å². The maximum atomic E-state index is 12.2. The molecule has 104 valence electrons. The van der Waals surface area contributed by atoms with Crippen LogP contribution in [-0.2, 0) is 6.54 Å². The molecule has 0 aliphatic heterocycles. The van der Waals surface area contributed by atoms with E-state index in [0.29, 0.717) is 12.1 Å². The summed E-state index contributed by atoms with van der Waals surface area (Å²) in [5.74, 6) is -0.114. The van der Waals surface area contributed by atoms with Gasteiger partial charge in [0.25, 0.3) is 5.91 Å². The molecule has 1 aromatic carbocycles. The van der Waals surface area contributed by atoms with Crippen molar-refractivity contribution >= 4 is 11.6 Å². The summed E-state index contributed by atoms with van der Waals surface area (Å²) in [5.41, 5.74) is 10.9. The number of carbonyl (C=O) groups is 1. The third kappa shape index (κ3) is 2.96. The second-order valence-corrected chi connectivity index (χ2v) is 4.90.